The summed E-state index contributed by atoms with van der Waals surface area (Å²) in [6.07, 6.45) is 2.76. The van der Waals surface area contributed by atoms with Crippen LogP contribution in [0.15, 0.2) is 0 Å². The lowest BCUT2D eigenvalue weighted by molar-refractivity contribution is 0.0495. The molecule has 6 heteroatoms. The molecule has 0 unspecified atom stereocenters. The van der Waals surface area contributed by atoms with Gasteiger partial charge < -0.3 is 15.4 Å². The van der Waals surface area contributed by atoms with Crippen molar-refractivity contribution in [3.05, 3.63) is 11.4 Å². The molecule has 1 aliphatic rings. The number of nitrogen functional groups attached to an aromatic ring is 1. The van der Waals surface area contributed by atoms with Crippen LogP contribution in [0.2, 0.25) is 0 Å². The van der Waals surface area contributed by atoms with Gasteiger partial charge in [0, 0.05) is 26.8 Å². The number of rotatable bonds is 4. The van der Waals surface area contributed by atoms with Crippen molar-refractivity contribution in [3.63, 3.8) is 0 Å². The predicted molar refractivity (Wildman–Crippen MR) is 72.9 cm³/mol. The van der Waals surface area contributed by atoms with Crippen molar-refractivity contribution >= 4 is 11.6 Å². The van der Waals surface area contributed by atoms with E-state index in [2.05, 4.69) is 10.2 Å². The molecule has 2 rings (SSSR count). The zero-order chi connectivity index (χ0) is 13.8. The number of ether oxygens (including phenoxy) is 1. The number of hydrogen-bond donors (Lipinski definition) is 2. The number of nitrogens with one attached hydrogen (secondary N) is 1. The highest BCUT2D eigenvalue weighted by molar-refractivity contribution is 5.97. The average molecular weight is 266 g/mol. The summed E-state index contributed by atoms with van der Waals surface area (Å²) in [5, 5.41) is 6.86. The van der Waals surface area contributed by atoms with E-state index in [0.717, 1.165) is 44.7 Å². The Morgan fingerprint density at radius 2 is 2.21 bits per heavy atom. The average Bonchev–Trinajstić information content (AvgIpc) is 2.80. The Morgan fingerprint density at radius 3 is 2.79 bits per heavy atom. The van der Waals surface area contributed by atoms with Gasteiger partial charge in [-0.25, -0.2) is 0 Å². The zero-order valence-corrected chi connectivity index (χ0v) is 11.6. The molecule has 1 aromatic heterocycles. The molecule has 106 valence electrons. The SMILES string of the molecule is CCc1[nH]nc(C(=O)N(C)CC2CCOCC2)c1N. The molecule has 1 aliphatic heterocycles. The molecule has 3 N–H and O–H groups in total. The molecule has 0 radical (unpaired) electrons. The van der Waals surface area contributed by atoms with Gasteiger partial charge in [-0.1, -0.05) is 6.92 Å². The van der Waals surface area contributed by atoms with E-state index in [0.29, 0.717) is 17.3 Å². The lowest BCUT2D eigenvalue weighted by atomic mass is 10.00. The van der Waals surface area contributed by atoms with Gasteiger partial charge in [0.15, 0.2) is 5.69 Å². The summed E-state index contributed by atoms with van der Waals surface area (Å²) < 4.78 is 5.32. The van der Waals surface area contributed by atoms with Crippen LogP contribution in [-0.2, 0) is 11.2 Å². The molecule has 1 saturated heterocycles. The maximum atomic E-state index is 12.3. The number of aromatic nitrogens is 2. The minimum absolute atomic E-state index is 0.111. The Hall–Kier alpha value is -1.56. The third-order valence-corrected chi connectivity index (χ3v) is 3.66. The number of nitrogens with zero attached hydrogens (tertiary/aromatic N) is 2. The van der Waals surface area contributed by atoms with Crippen LogP contribution in [-0.4, -0.2) is 47.8 Å². The highest BCUT2D eigenvalue weighted by Gasteiger charge is 2.23. The summed E-state index contributed by atoms with van der Waals surface area (Å²) in [6, 6.07) is 0. The Balaban J connectivity index is 1.99. The standard InChI is InChI=1S/C13H22N4O2/c1-3-10-11(14)12(16-15-10)13(18)17(2)8-9-4-6-19-7-5-9/h9H,3-8,14H2,1-2H3,(H,15,16). The second kappa shape index (κ2) is 6.06. The van der Waals surface area contributed by atoms with E-state index in [-0.39, 0.29) is 5.91 Å². The smallest absolute Gasteiger partial charge is 0.276 e. The normalized spacial score (nSPS) is 16.5. The molecule has 1 amide bonds. The van der Waals surface area contributed by atoms with Gasteiger partial charge >= 0.3 is 0 Å². The fourth-order valence-electron chi connectivity index (χ4n) is 2.40. The molecule has 0 saturated carbocycles. The molecular formula is C13H22N4O2. The van der Waals surface area contributed by atoms with Crippen LogP contribution >= 0.6 is 0 Å². The van der Waals surface area contributed by atoms with Crippen LogP contribution < -0.4 is 5.73 Å². The van der Waals surface area contributed by atoms with Crippen molar-refractivity contribution in [1.29, 1.82) is 0 Å². The third kappa shape index (κ3) is 3.07. The van der Waals surface area contributed by atoms with Crippen molar-refractivity contribution in [1.82, 2.24) is 15.1 Å². The van der Waals surface area contributed by atoms with E-state index in [1.54, 1.807) is 11.9 Å². The minimum atomic E-state index is -0.111. The molecule has 0 spiro atoms. The van der Waals surface area contributed by atoms with Crippen LogP contribution in [0.25, 0.3) is 0 Å². The molecule has 2 heterocycles. The highest BCUT2D eigenvalue weighted by Crippen LogP contribution is 2.19. The van der Waals surface area contributed by atoms with Crippen molar-refractivity contribution in [2.24, 2.45) is 5.92 Å². The van der Waals surface area contributed by atoms with E-state index < -0.39 is 0 Å². The molecular weight excluding hydrogens is 244 g/mol. The topological polar surface area (TPSA) is 84.2 Å². The van der Waals surface area contributed by atoms with Crippen LogP contribution in [0.4, 0.5) is 5.69 Å². The first kappa shape index (κ1) is 13.9. The summed E-state index contributed by atoms with van der Waals surface area (Å²) in [5.74, 6) is 0.397. The summed E-state index contributed by atoms with van der Waals surface area (Å²) in [5.41, 5.74) is 7.56. The monoisotopic (exact) mass is 266 g/mol. The first-order valence-corrected chi connectivity index (χ1v) is 6.79. The molecule has 1 aromatic rings. The summed E-state index contributed by atoms with van der Waals surface area (Å²) in [4.78, 5) is 14.0. The number of aromatic amines is 1. The first-order chi connectivity index (χ1) is 9.13. The lowest BCUT2D eigenvalue weighted by Crippen LogP contribution is -2.34. The molecule has 1 fully saturated rings. The van der Waals surface area contributed by atoms with Crippen LogP contribution in [0.5, 0.6) is 0 Å². The van der Waals surface area contributed by atoms with E-state index in [1.165, 1.54) is 0 Å². The number of amides is 1. The second-order valence-corrected chi connectivity index (χ2v) is 5.06. The fraction of sp³-hybridized carbons (Fsp3) is 0.692. The molecule has 19 heavy (non-hydrogen) atoms. The van der Waals surface area contributed by atoms with Crippen molar-refractivity contribution in [2.75, 3.05) is 32.5 Å². The van der Waals surface area contributed by atoms with Crippen molar-refractivity contribution in [2.45, 2.75) is 26.2 Å². The van der Waals surface area contributed by atoms with Gasteiger partial charge in [-0.3, -0.25) is 9.89 Å². The number of carbonyl (C=O) groups excluding carboxylic acids is 1. The van der Waals surface area contributed by atoms with Gasteiger partial charge in [-0.2, -0.15) is 5.10 Å². The molecule has 6 nitrogen and oxygen atoms in total. The van der Waals surface area contributed by atoms with Gasteiger partial charge in [0.25, 0.3) is 5.91 Å². The van der Waals surface area contributed by atoms with Gasteiger partial charge in [0.1, 0.15) is 0 Å². The second-order valence-electron chi connectivity index (χ2n) is 5.06. The summed E-state index contributed by atoms with van der Waals surface area (Å²) in [6.45, 7) is 4.29. The maximum absolute atomic E-state index is 12.3. The fourth-order valence-corrected chi connectivity index (χ4v) is 2.40. The van der Waals surface area contributed by atoms with Gasteiger partial charge in [-0.15, -0.1) is 0 Å². The number of carbonyl (C=O) groups is 1. The van der Waals surface area contributed by atoms with Crippen LogP contribution in [0, 0.1) is 5.92 Å². The molecule has 0 atom stereocenters. The first-order valence-electron chi connectivity index (χ1n) is 6.79. The Bertz CT molecular complexity index is 438. The van der Waals surface area contributed by atoms with Gasteiger partial charge in [0.05, 0.1) is 11.4 Å². The maximum Gasteiger partial charge on any atom is 0.276 e. The summed E-state index contributed by atoms with van der Waals surface area (Å²) >= 11 is 0. The van der Waals surface area contributed by atoms with Gasteiger partial charge in [0.2, 0.25) is 0 Å². The zero-order valence-electron chi connectivity index (χ0n) is 11.6. The van der Waals surface area contributed by atoms with Crippen molar-refractivity contribution < 1.29 is 9.53 Å². The van der Waals surface area contributed by atoms with E-state index in [9.17, 15) is 4.79 Å². The minimum Gasteiger partial charge on any atom is -0.395 e. The third-order valence-electron chi connectivity index (χ3n) is 3.66. The number of anilines is 1. The van der Waals surface area contributed by atoms with Crippen LogP contribution in [0.3, 0.4) is 0 Å². The number of aryl methyl sites for hydroxylation is 1. The predicted octanol–water partition coefficient (Wildman–Crippen LogP) is 1.05. The quantitative estimate of drug-likeness (QED) is 0.853. The Labute approximate surface area is 113 Å². The van der Waals surface area contributed by atoms with E-state index >= 15 is 0 Å². The Kier molecular flexibility index (Phi) is 4.42. The highest BCUT2D eigenvalue weighted by atomic mass is 16.5. The molecule has 0 aliphatic carbocycles. The van der Waals surface area contributed by atoms with Gasteiger partial charge in [-0.05, 0) is 25.2 Å². The van der Waals surface area contributed by atoms with Crippen LogP contribution in [0.1, 0.15) is 35.9 Å². The number of nitrogens with two attached hydrogens (primary N) is 1. The number of H-pyrrole nitrogens is 1. The molecule has 0 aromatic carbocycles. The molecule has 0 bridgehead atoms. The van der Waals surface area contributed by atoms with E-state index in [4.69, 9.17) is 10.5 Å². The Morgan fingerprint density at radius 1 is 1.53 bits per heavy atom. The number of hydrogen-bond acceptors (Lipinski definition) is 4. The lowest BCUT2D eigenvalue weighted by Gasteiger charge is -2.26. The largest absolute Gasteiger partial charge is 0.395 e. The summed E-state index contributed by atoms with van der Waals surface area (Å²) in [7, 11) is 1.80. The van der Waals surface area contributed by atoms with Crippen molar-refractivity contribution in [3.8, 4) is 0 Å². The van der Waals surface area contributed by atoms with E-state index in [1.807, 2.05) is 6.92 Å².